The van der Waals surface area contributed by atoms with Gasteiger partial charge in [-0.3, -0.25) is 4.68 Å². The van der Waals surface area contributed by atoms with Gasteiger partial charge in [-0.25, -0.2) is 13.1 Å². The SMILES string of the molecule is Cc1nn(CCO)c(C)c1S(=O)(=O)NCC1CCOC1C. The summed E-state index contributed by atoms with van der Waals surface area (Å²) in [5, 5.41) is 13.2. The van der Waals surface area contributed by atoms with E-state index < -0.39 is 10.0 Å². The number of aliphatic hydroxyl groups excluding tert-OH is 1. The van der Waals surface area contributed by atoms with E-state index >= 15 is 0 Å². The van der Waals surface area contributed by atoms with Gasteiger partial charge in [0.25, 0.3) is 0 Å². The first-order chi connectivity index (χ1) is 9.86. The number of hydrogen-bond donors (Lipinski definition) is 2. The lowest BCUT2D eigenvalue weighted by Crippen LogP contribution is -2.32. The number of aliphatic hydroxyl groups is 1. The van der Waals surface area contributed by atoms with E-state index in [0.717, 1.165) is 6.42 Å². The van der Waals surface area contributed by atoms with Gasteiger partial charge in [-0.15, -0.1) is 0 Å². The lowest BCUT2D eigenvalue weighted by Gasteiger charge is -2.15. The molecule has 2 heterocycles. The lowest BCUT2D eigenvalue weighted by molar-refractivity contribution is 0.107. The van der Waals surface area contributed by atoms with Crippen LogP contribution in [0, 0.1) is 19.8 Å². The zero-order valence-corrected chi connectivity index (χ0v) is 13.5. The second-order valence-electron chi connectivity index (χ2n) is 5.42. The van der Waals surface area contributed by atoms with Gasteiger partial charge in [0.2, 0.25) is 10.0 Å². The van der Waals surface area contributed by atoms with Gasteiger partial charge in [0.05, 0.1) is 30.6 Å². The van der Waals surface area contributed by atoms with E-state index in [1.807, 2.05) is 6.92 Å². The van der Waals surface area contributed by atoms with Gasteiger partial charge in [-0.1, -0.05) is 0 Å². The van der Waals surface area contributed by atoms with Gasteiger partial charge < -0.3 is 9.84 Å². The van der Waals surface area contributed by atoms with Crippen molar-refractivity contribution in [2.45, 2.75) is 44.7 Å². The third-order valence-electron chi connectivity index (χ3n) is 3.96. The maximum absolute atomic E-state index is 12.5. The first-order valence-corrected chi connectivity index (χ1v) is 8.61. The van der Waals surface area contributed by atoms with E-state index in [1.165, 1.54) is 4.68 Å². The van der Waals surface area contributed by atoms with Crippen LogP contribution >= 0.6 is 0 Å². The standard InChI is InChI=1S/C13H23N3O4S/c1-9-13(10(2)16(15-9)5-6-17)21(18,19)14-8-12-4-7-20-11(12)3/h11-12,14,17H,4-8H2,1-3H3. The highest BCUT2D eigenvalue weighted by molar-refractivity contribution is 7.89. The molecule has 0 spiro atoms. The summed E-state index contributed by atoms with van der Waals surface area (Å²) >= 11 is 0. The predicted octanol–water partition coefficient (Wildman–Crippen LogP) is 0.196. The number of ether oxygens (including phenoxy) is 1. The summed E-state index contributed by atoms with van der Waals surface area (Å²) in [5.74, 6) is 0.202. The first kappa shape index (κ1) is 16.4. The molecule has 2 N–H and O–H groups in total. The zero-order valence-electron chi connectivity index (χ0n) is 12.7. The Bertz CT molecular complexity index is 597. The molecule has 2 rings (SSSR count). The summed E-state index contributed by atoms with van der Waals surface area (Å²) in [5.41, 5.74) is 0.994. The molecule has 1 aliphatic rings. The fourth-order valence-electron chi connectivity index (χ4n) is 2.71. The zero-order chi connectivity index (χ0) is 15.6. The summed E-state index contributed by atoms with van der Waals surface area (Å²) in [4.78, 5) is 0.211. The van der Waals surface area contributed by atoms with Crippen LogP contribution in [0.5, 0.6) is 0 Å². The first-order valence-electron chi connectivity index (χ1n) is 7.13. The minimum Gasteiger partial charge on any atom is -0.394 e. The Balaban J connectivity index is 2.15. The Morgan fingerprint density at radius 3 is 2.76 bits per heavy atom. The highest BCUT2D eigenvalue weighted by atomic mass is 32.2. The van der Waals surface area contributed by atoms with Gasteiger partial charge in [0.15, 0.2) is 0 Å². The number of aromatic nitrogens is 2. The van der Waals surface area contributed by atoms with Gasteiger partial charge in [-0.05, 0) is 27.2 Å². The third-order valence-corrected chi connectivity index (χ3v) is 5.64. The van der Waals surface area contributed by atoms with Gasteiger partial charge in [-0.2, -0.15) is 5.10 Å². The fraction of sp³-hybridized carbons (Fsp3) is 0.769. The second kappa shape index (κ2) is 6.43. The molecule has 0 amide bonds. The molecule has 0 aromatic carbocycles. The van der Waals surface area contributed by atoms with Crippen LogP contribution in [0.3, 0.4) is 0 Å². The molecule has 2 unspecified atom stereocenters. The van der Waals surface area contributed by atoms with Crippen LogP contribution in [-0.4, -0.2) is 49.2 Å². The van der Waals surface area contributed by atoms with Crippen molar-refractivity contribution in [3.05, 3.63) is 11.4 Å². The topological polar surface area (TPSA) is 93.5 Å². The lowest BCUT2D eigenvalue weighted by atomic mass is 10.0. The number of rotatable bonds is 6. The van der Waals surface area contributed by atoms with Crippen LogP contribution < -0.4 is 4.72 Å². The summed E-state index contributed by atoms with van der Waals surface area (Å²) in [6.45, 7) is 6.58. The molecule has 8 heteroatoms. The van der Waals surface area contributed by atoms with Crippen molar-refractivity contribution in [2.75, 3.05) is 19.8 Å². The monoisotopic (exact) mass is 317 g/mol. The van der Waals surface area contributed by atoms with E-state index in [4.69, 9.17) is 9.84 Å². The molecule has 21 heavy (non-hydrogen) atoms. The summed E-state index contributed by atoms with van der Waals surface area (Å²) in [7, 11) is -3.60. The molecule has 0 aliphatic carbocycles. The van der Waals surface area contributed by atoms with Crippen molar-refractivity contribution >= 4 is 10.0 Å². The molecule has 120 valence electrons. The highest BCUT2D eigenvalue weighted by Crippen LogP contribution is 2.22. The van der Waals surface area contributed by atoms with Crippen LogP contribution in [0.4, 0.5) is 0 Å². The maximum atomic E-state index is 12.5. The molecule has 1 aliphatic heterocycles. The molecule has 0 radical (unpaired) electrons. The molecule has 1 aromatic heterocycles. The quantitative estimate of drug-likeness (QED) is 0.781. The molecule has 7 nitrogen and oxygen atoms in total. The van der Waals surface area contributed by atoms with Crippen molar-refractivity contribution in [3.8, 4) is 0 Å². The van der Waals surface area contributed by atoms with E-state index in [1.54, 1.807) is 13.8 Å². The average molecular weight is 317 g/mol. The Morgan fingerprint density at radius 2 is 2.19 bits per heavy atom. The Labute approximate surface area is 125 Å². The molecular weight excluding hydrogens is 294 g/mol. The largest absolute Gasteiger partial charge is 0.394 e. The second-order valence-corrected chi connectivity index (χ2v) is 7.13. The highest BCUT2D eigenvalue weighted by Gasteiger charge is 2.29. The van der Waals surface area contributed by atoms with Crippen molar-refractivity contribution < 1.29 is 18.3 Å². The summed E-state index contributed by atoms with van der Waals surface area (Å²) in [6.07, 6.45) is 0.942. The smallest absolute Gasteiger partial charge is 0.244 e. The minimum absolute atomic E-state index is 0.0759. The number of aryl methyl sites for hydroxylation is 1. The minimum atomic E-state index is -3.60. The third kappa shape index (κ3) is 3.45. The van der Waals surface area contributed by atoms with Gasteiger partial charge in [0, 0.05) is 19.1 Å². The molecule has 0 bridgehead atoms. The molecule has 2 atom stereocenters. The van der Waals surface area contributed by atoms with Gasteiger partial charge in [0.1, 0.15) is 4.90 Å². The van der Waals surface area contributed by atoms with Crippen molar-refractivity contribution in [1.29, 1.82) is 0 Å². The van der Waals surface area contributed by atoms with E-state index in [2.05, 4.69) is 9.82 Å². The summed E-state index contributed by atoms with van der Waals surface area (Å²) in [6, 6.07) is 0. The van der Waals surface area contributed by atoms with Crippen molar-refractivity contribution in [2.24, 2.45) is 5.92 Å². The Kier molecular flexibility index (Phi) is 5.03. The molecular formula is C13H23N3O4S. The number of nitrogens with zero attached hydrogens (tertiary/aromatic N) is 2. The van der Waals surface area contributed by atoms with E-state index in [-0.39, 0.29) is 30.1 Å². The maximum Gasteiger partial charge on any atom is 0.244 e. The fourth-order valence-corrected chi connectivity index (χ4v) is 4.22. The summed E-state index contributed by atoms with van der Waals surface area (Å²) < 4.78 is 34.6. The van der Waals surface area contributed by atoms with E-state index in [0.29, 0.717) is 24.5 Å². The Morgan fingerprint density at radius 1 is 1.48 bits per heavy atom. The van der Waals surface area contributed by atoms with Gasteiger partial charge >= 0.3 is 0 Å². The number of hydrogen-bond acceptors (Lipinski definition) is 5. The van der Waals surface area contributed by atoms with Crippen LogP contribution in [0.2, 0.25) is 0 Å². The van der Waals surface area contributed by atoms with Crippen molar-refractivity contribution in [1.82, 2.24) is 14.5 Å². The van der Waals surface area contributed by atoms with Crippen LogP contribution in [0.15, 0.2) is 4.90 Å². The van der Waals surface area contributed by atoms with Crippen LogP contribution in [0.25, 0.3) is 0 Å². The molecule has 0 saturated carbocycles. The average Bonchev–Trinajstić information content (AvgIpc) is 2.92. The van der Waals surface area contributed by atoms with Crippen molar-refractivity contribution in [3.63, 3.8) is 0 Å². The molecule has 1 aromatic rings. The van der Waals surface area contributed by atoms with E-state index in [9.17, 15) is 8.42 Å². The predicted molar refractivity (Wildman–Crippen MR) is 77.5 cm³/mol. The number of sulfonamides is 1. The molecule has 1 fully saturated rings. The molecule has 1 saturated heterocycles. The van der Waals surface area contributed by atoms with Crippen LogP contribution in [0.1, 0.15) is 24.7 Å². The number of nitrogens with one attached hydrogen (secondary N) is 1. The Hall–Kier alpha value is -0.960. The van der Waals surface area contributed by atoms with Crippen LogP contribution in [-0.2, 0) is 21.3 Å². The normalized spacial score (nSPS) is 22.9.